The molecule has 0 unspecified atom stereocenters. The fourth-order valence-corrected chi connectivity index (χ4v) is 4.31. The summed E-state index contributed by atoms with van der Waals surface area (Å²) in [6.07, 6.45) is 0.283. The molecule has 166 valence electrons. The molecule has 5 nitrogen and oxygen atoms in total. The topological polar surface area (TPSA) is 57.7 Å². The molecule has 0 N–H and O–H groups in total. The Balaban J connectivity index is 1.66. The number of imide groups is 1. The van der Waals surface area contributed by atoms with Crippen LogP contribution in [0, 0.1) is 0 Å². The normalized spacial score (nSPS) is 15.1. The number of rotatable bonds is 4. The van der Waals surface area contributed by atoms with Gasteiger partial charge in [-0.2, -0.15) is 0 Å². The first kappa shape index (κ1) is 21.3. The Hall–Kier alpha value is -4.51. The highest BCUT2D eigenvalue weighted by Crippen LogP contribution is 2.38. The third-order valence-corrected chi connectivity index (χ3v) is 5.93. The van der Waals surface area contributed by atoms with Crippen molar-refractivity contribution >= 4 is 29.1 Å². The first-order valence-electron chi connectivity index (χ1n) is 11.1. The molecule has 0 saturated heterocycles. The van der Waals surface area contributed by atoms with E-state index in [0.29, 0.717) is 22.5 Å². The lowest BCUT2D eigenvalue weighted by atomic mass is 9.97. The number of benzene rings is 4. The molecule has 1 atom stereocenters. The van der Waals surface area contributed by atoms with Gasteiger partial charge in [-0.25, -0.2) is 4.90 Å². The van der Waals surface area contributed by atoms with Gasteiger partial charge in [-0.1, -0.05) is 78.9 Å². The molecule has 0 bridgehead atoms. The Morgan fingerprint density at radius 1 is 0.588 bits per heavy atom. The van der Waals surface area contributed by atoms with E-state index in [2.05, 4.69) is 0 Å². The molecule has 4 aromatic rings. The van der Waals surface area contributed by atoms with Gasteiger partial charge in [0.2, 0.25) is 0 Å². The summed E-state index contributed by atoms with van der Waals surface area (Å²) < 4.78 is 0. The average Bonchev–Trinajstić information content (AvgIpc) is 2.90. The van der Waals surface area contributed by atoms with Crippen molar-refractivity contribution in [1.29, 1.82) is 0 Å². The number of fused-ring (bicyclic) bond motifs is 1. The maximum atomic E-state index is 14.0. The Bertz CT molecular complexity index is 1340. The van der Waals surface area contributed by atoms with E-state index in [1.54, 1.807) is 66.7 Å². The van der Waals surface area contributed by atoms with Crippen molar-refractivity contribution in [3.05, 3.63) is 132 Å². The molecular weight excluding hydrogens is 424 g/mol. The summed E-state index contributed by atoms with van der Waals surface area (Å²) in [5.74, 6) is -1.13. The van der Waals surface area contributed by atoms with Crippen LogP contribution in [0.3, 0.4) is 0 Å². The minimum Gasteiger partial charge on any atom is -0.293 e. The quantitative estimate of drug-likeness (QED) is 0.408. The second kappa shape index (κ2) is 9.16. The Labute approximate surface area is 197 Å². The number of hydrogen-bond acceptors (Lipinski definition) is 3. The maximum Gasteiger partial charge on any atom is 0.265 e. The minimum absolute atomic E-state index is 0.283. The van der Waals surface area contributed by atoms with Crippen molar-refractivity contribution in [2.45, 2.75) is 12.5 Å². The van der Waals surface area contributed by atoms with Crippen LogP contribution in [0.25, 0.3) is 0 Å². The van der Waals surface area contributed by atoms with Gasteiger partial charge >= 0.3 is 0 Å². The molecule has 5 heteroatoms. The average molecular weight is 447 g/mol. The summed E-state index contributed by atoms with van der Waals surface area (Å²) in [4.78, 5) is 44.0. The van der Waals surface area contributed by atoms with Crippen molar-refractivity contribution in [3.8, 4) is 0 Å². The highest BCUT2D eigenvalue weighted by Gasteiger charge is 2.44. The first-order valence-corrected chi connectivity index (χ1v) is 11.1. The molecule has 1 aliphatic rings. The Morgan fingerprint density at radius 2 is 1.06 bits per heavy atom. The second-order valence-electron chi connectivity index (χ2n) is 8.08. The van der Waals surface area contributed by atoms with Gasteiger partial charge in [0.1, 0.15) is 6.04 Å². The smallest absolute Gasteiger partial charge is 0.265 e. The van der Waals surface area contributed by atoms with Crippen LogP contribution in [0.1, 0.15) is 26.3 Å². The highest BCUT2D eigenvalue weighted by atomic mass is 16.2. The predicted octanol–water partition coefficient (Wildman–Crippen LogP) is 5.13. The highest BCUT2D eigenvalue weighted by molar-refractivity contribution is 6.28. The van der Waals surface area contributed by atoms with Gasteiger partial charge in [0.15, 0.2) is 0 Å². The molecular formula is C29H22N2O3. The zero-order valence-corrected chi connectivity index (χ0v) is 18.4. The van der Waals surface area contributed by atoms with E-state index in [1.807, 2.05) is 48.5 Å². The summed E-state index contributed by atoms with van der Waals surface area (Å²) >= 11 is 0. The molecule has 1 heterocycles. The van der Waals surface area contributed by atoms with E-state index in [-0.39, 0.29) is 12.3 Å². The van der Waals surface area contributed by atoms with Gasteiger partial charge in [-0.15, -0.1) is 0 Å². The van der Waals surface area contributed by atoms with Crippen molar-refractivity contribution in [2.75, 3.05) is 9.80 Å². The molecule has 1 aliphatic heterocycles. The lowest BCUT2D eigenvalue weighted by Crippen LogP contribution is -2.58. The van der Waals surface area contributed by atoms with Crippen molar-refractivity contribution in [3.63, 3.8) is 0 Å². The Kier molecular flexibility index (Phi) is 5.75. The number of nitrogens with zero attached hydrogens (tertiary/aromatic N) is 2. The fraction of sp³-hybridized carbons (Fsp3) is 0.0690. The third-order valence-electron chi connectivity index (χ3n) is 5.93. The molecule has 0 saturated carbocycles. The summed E-state index contributed by atoms with van der Waals surface area (Å²) in [5, 5.41) is 0. The van der Waals surface area contributed by atoms with E-state index < -0.39 is 17.9 Å². The van der Waals surface area contributed by atoms with E-state index in [1.165, 1.54) is 9.80 Å². The second-order valence-corrected chi connectivity index (χ2v) is 8.08. The van der Waals surface area contributed by atoms with Gasteiger partial charge < -0.3 is 0 Å². The monoisotopic (exact) mass is 446 g/mol. The largest absolute Gasteiger partial charge is 0.293 e. The number of hydrogen-bond donors (Lipinski definition) is 0. The minimum atomic E-state index is -0.877. The van der Waals surface area contributed by atoms with Gasteiger partial charge in [0.05, 0.1) is 11.4 Å². The lowest BCUT2D eigenvalue weighted by molar-refractivity contribution is -0.119. The Morgan fingerprint density at radius 3 is 1.65 bits per heavy atom. The van der Waals surface area contributed by atoms with Crippen LogP contribution >= 0.6 is 0 Å². The fourth-order valence-electron chi connectivity index (χ4n) is 4.31. The number of carbonyl (C=O) groups is 3. The van der Waals surface area contributed by atoms with E-state index in [0.717, 1.165) is 5.56 Å². The standard InChI is InChI=1S/C29H22N2O3/c32-27(22-14-6-2-7-15-22)30-24-18-10-11-19-25(24)31(28(33)23-16-8-3-9-17-23)29(34)26(30)20-21-12-4-1-5-13-21/h1-19,26H,20H2/t26-/m1/s1. The number of anilines is 2. The molecule has 0 aliphatic carbocycles. The lowest BCUT2D eigenvalue weighted by Gasteiger charge is -2.41. The summed E-state index contributed by atoms with van der Waals surface area (Å²) in [5.41, 5.74) is 2.72. The van der Waals surface area contributed by atoms with Gasteiger partial charge in [0, 0.05) is 17.5 Å². The van der Waals surface area contributed by atoms with Gasteiger partial charge in [0.25, 0.3) is 17.7 Å². The van der Waals surface area contributed by atoms with E-state index in [4.69, 9.17) is 0 Å². The van der Waals surface area contributed by atoms with Gasteiger partial charge in [-0.3, -0.25) is 19.3 Å². The summed E-state index contributed by atoms with van der Waals surface area (Å²) in [6.45, 7) is 0. The molecule has 0 radical (unpaired) electrons. The predicted molar refractivity (Wildman–Crippen MR) is 132 cm³/mol. The molecule has 0 aromatic heterocycles. The summed E-state index contributed by atoms with van der Waals surface area (Å²) in [7, 11) is 0. The SMILES string of the molecule is O=C(c1ccccc1)N1C(=O)[C@@H](Cc2ccccc2)N(C(=O)c2ccccc2)c2ccccc21. The zero-order chi connectivity index (χ0) is 23.5. The van der Waals surface area contributed by atoms with Gasteiger partial charge in [-0.05, 0) is 42.0 Å². The van der Waals surface area contributed by atoms with Crippen LogP contribution in [0.15, 0.2) is 115 Å². The van der Waals surface area contributed by atoms with Crippen LogP contribution in [0.4, 0.5) is 11.4 Å². The summed E-state index contributed by atoms with van der Waals surface area (Å²) in [6, 6.07) is 33.3. The maximum absolute atomic E-state index is 14.0. The zero-order valence-electron chi connectivity index (χ0n) is 18.4. The third kappa shape index (κ3) is 3.88. The van der Waals surface area contributed by atoms with E-state index in [9.17, 15) is 14.4 Å². The number of carbonyl (C=O) groups excluding carboxylic acids is 3. The molecule has 5 rings (SSSR count). The van der Waals surface area contributed by atoms with Crippen molar-refractivity contribution in [1.82, 2.24) is 0 Å². The van der Waals surface area contributed by atoms with Crippen LogP contribution in [0.5, 0.6) is 0 Å². The molecule has 0 fully saturated rings. The van der Waals surface area contributed by atoms with Crippen LogP contribution in [-0.2, 0) is 11.2 Å². The van der Waals surface area contributed by atoms with E-state index >= 15 is 0 Å². The molecule has 34 heavy (non-hydrogen) atoms. The van der Waals surface area contributed by atoms with Crippen LogP contribution in [-0.4, -0.2) is 23.8 Å². The number of amides is 3. The molecule has 0 spiro atoms. The molecule has 3 amide bonds. The number of para-hydroxylation sites is 2. The van der Waals surface area contributed by atoms with Crippen LogP contribution in [0.2, 0.25) is 0 Å². The van der Waals surface area contributed by atoms with Crippen LogP contribution < -0.4 is 9.80 Å². The molecule has 4 aromatic carbocycles. The first-order chi connectivity index (χ1) is 16.6. The van der Waals surface area contributed by atoms with Crippen molar-refractivity contribution < 1.29 is 14.4 Å². The van der Waals surface area contributed by atoms with Crippen molar-refractivity contribution in [2.24, 2.45) is 0 Å².